The van der Waals surface area contributed by atoms with E-state index in [4.69, 9.17) is 14.7 Å². The lowest BCUT2D eigenvalue weighted by atomic mass is 10.1. The minimum atomic E-state index is -0.400. The molecule has 1 fully saturated rings. The fourth-order valence-electron chi connectivity index (χ4n) is 3.02. The molecule has 1 amide bonds. The Balaban J connectivity index is 1.46. The van der Waals surface area contributed by atoms with Crippen molar-refractivity contribution in [3.63, 3.8) is 0 Å². The van der Waals surface area contributed by atoms with Crippen LogP contribution >= 0.6 is 0 Å². The first-order valence-electron chi connectivity index (χ1n) is 9.66. The van der Waals surface area contributed by atoms with Gasteiger partial charge in [0.25, 0.3) is 5.91 Å². The Bertz CT molecular complexity index is 881. The van der Waals surface area contributed by atoms with Gasteiger partial charge in [-0.3, -0.25) is 9.59 Å². The van der Waals surface area contributed by atoms with Crippen LogP contribution in [0.25, 0.3) is 0 Å². The Morgan fingerprint density at radius 2 is 1.72 bits per heavy atom. The van der Waals surface area contributed by atoms with E-state index in [0.717, 1.165) is 29.7 Å². The van der Waals surface area contributed by atoms with E-state index in [1.807, 2.05) is 36.4 Å². The summed E-state index contributed by atoms with van der Waals surface area (Å²) >= 11 is 0. The fourth-order valence-corrected chi connectivity index (χ4v) is 3.02. The van der Waals surface area contributed by atoms with Crippen molar-refractivity contribution in [3.05, 3.63) is 65.2 Å². The number of ether oxygens (including phenoxy) is 2. The summed E-state index contributed by atoms with van der Waals surface area (Å²) in [4.78, 5) is 26.4. The number of nitrogens with zero attached hydrogens (tertiary/aromatic N) is 2. The van der Waals surface area contributed by atoms with Crippen LogP contribution in [0.1, 0.15) is 36.0 Å². The maximum atomic E-state index is 12.6. The molecule has 0 bridgehead atoms. The molecule has 0 heterocycles. The Hall–Kier alpha value is -3.33. The van der Waals surface area contributed by atoms with Crippen LogP contribution in [0.2, 0.25) is 0 Å². The molecule has 6 nitrogen and oxygen atoms in total. The molecule has 0 aliphatic heterocycles. The molecule has 3 rings (SSSR count). The van der Waals surface area contributed by atoms with Crippen molar-refractivity contribution in [1.29, 1.82) is 5.26 Å². The van der Waals surface area contributed by atoms with Gasteiger partial charge in [0.05, 0.1) is 18.7 Å². The van der Waals surface area contributed by atoms with Crippen molar-refractivity contribution in [1.82, 2.24) is 4.90 Å². The van der Waals surface area contributed by atoms with Crippen LogP contribution in [0.15, 0.2) is 48.5 Å². The van der Waals surface area contributed by atoms with Crippen molar-refractivity contribution in [2.24, 2.45) is 0 Å². The van der Waals surface area contributed by atoms with Crippen LogP contribution in [0, 0.1) is 11.3 Å². The summed E-state index contributed by atoms with van der Waals surface area (Å²) in [5.41, 5.74) is 2.54. The van der Waals surface area contributed by atoms with Gasteiger partial charge in [-0.15, -0.1) is 0 Å². The van der Waals surface area contributed by atoms with Gasteiger partial charge in [-0.1, -0.05) is 24.3 Å². The van der Waals surface area contributed by atoms with Crippen LogP contribution in [0.4, 0.5) is 0 Å². The third-order valence-corrected chi connectivity index (χ3v) is 4.88. The number of carbonyl (C=O) groups is 2. The van der Waals surface area contributed by atoms with Crippen molar-refractivity contribution >= 4 is 11.9 Å². The van der Waals surface area contributed by atoms with Crippen LogP contribution in [0.5, 0.6) is 5.75 Å². The van der Waals surface area contributed by atoms with Crippen molar-refractivity contribution < 1.29 is 19.1 Å². The number of esters is 1. The summed E-state index contributed by atoms with van der Waals surface area (Å²) in [6.07, 6.45) is 2.67. The molecule has 2 aromatic rings. The topological polar surface area (TPSA) is 79.6 Å². The molecule has 0 N–H and O–H groups in total. The highest BCUT2D eigenvalue weighted by Crippen LogP contribution is 2.29. The summed E-state index contributed by atoms with van der Waals surface area (Å²) in [7, 11) is 1.62. The van der Waals surface area contributed by atoms with E-state index in [1.54, 1.807) is 24.1 Å². The van der Waals surface area contributed by atoms with E-state index in [2.05, 4.69) is 6.07 Å². The summed E-state index contributed by atoms with van der Waals surface area (Å²) in [6, 6.07) is 17.0. The lowest BCUT2D eigenvalue weighted by molar-refractivity contribution is -0.152. The van der Waals surface area contributed by atoms with Crippen molar-refractivity contribution in [2.45, 2.75) is 38.3 Å². The number of hydrogen-bond donors (Lipinski definition) is 0. The van der Waals surface area contributed by atoms with Crippen LogP contribution in [-0.4, -0.2) is 36.5 Å². The maximum Gasteiger partial charge on any atom is 0.306 e. The van der Waals surface area contributed by atoms with Gasteiger partial charge < -0.3 is 14.4 Å². The second-order valence-corrected chi connectivity index (χ2v) is 7.07. The maximum absolute atomic E-state index is 12.6. The monoisotopic (exact) mass is 392 g/mol. The standard InChI is InChI=1S/C23H24N2O4/c1-28-21-11-6-19(7-12-21)15-25(20-9-10-20)22(26)16-29-23(27)13-8-17-2-4-18(14-24)5-3-17/h2-7,11-12,20H,8-10,13,15-16H2,1H3. The predicted molar refractivity (Wildman–Crippen MR) is 107 cm³/mol. The van der Waals surface area contributed by atoms with Gasteiger partial charge in [0.2, 0.25) is 0 Å². The number of nitriles is 1. The third-order valence-electron chi connectivity index (χ3n) is 4.88. The molecular weight excluding hydrogens is 368 g/mol. The number of rotatable bonds is 9. The average molecular weight is 392 g/mol. The molecule has 0 radical (unpaired) electrons. The fraction of sp³-hybridized carbons (Fsp3) is 0.348. The number of benzene rings is 2. The molecule has 0 spiro atoms. The molecule has 0 unspecified atom stereocenters. The van der Waals surface area contributed by atoms with Gasteiger partial charge in [0, 0.05) is 19.0 Å². The Morgan fingerprint density at radius 1 is 1.07 bits per heavy atom. The highest BCUT2D eigenvalue weighted by molar-refractivity contribution is 5.81. The number of amides is 1. The molecule has 1 aliphatic rings. The lowest BCUT2D eigenvalue weighted by Gasteiger charge is -2.22. The minimum absolute atomic E-state index is 0.171. The zero-order chi connectivity index (χ0) is 20.6. The van der Waals surface area contributed by atoms with E-state index >= 15 is 0 Å². The molecule has 1 saturated carbocycles. The van der Waals surface area contributed by atoms with Crippen LogP contribution in [-0.2, 0) is 27.3 Å². The quantitative estimate of drug-likeness (QED) is 0.612. The van der Waals surface area contributed by atoms with E-state index in [-0.39, 0.29) is 25.0 Å². The largest absolute Gasteiger partial charge is 0.497 e. The van der Waals surface area contributed by atoms with Crippen LogP contribution < -0.4 is 4.74 Å². The summed E-state index contributed by atoms with van der Waals surface area (Å²) in [5.74, 6) is 0.201. The van der Waals surface area contributed by atoms with Gasteiger partial charge in [0.1, 0.15) is 5.75 Å². The number of hydrogen-bond acceptors (Lipinski definition) is 5. The highest BCUT2D eigenvalue weighted by Gasteiger charge is 2.32. The normalized spacial score (nSPS) is 12.7. The van der Waals surface area contributed by atoms with E-state index in [9.17, 15) is 9.59 Å². The Labute approximate surface area is 170 Å². The van der Waals surface area contributed by atoms with E-state index in [1.165, 1.54) is 0 Å². The lowest BCUT2D eigenvalue weighted by Crippen LogP contribution is -2.36. The Morgan fingerprint density at radius 3 is 2.31 bits per heavy atom. The molecule has 0 saturated heterocycles. The average Bonchev–Trinajstić information content (AvgIpc) is 3.60. The van der Waals surface area contributed by atoms with Gasteiger partial charge in [-0.2, -0.15) is 5.26 Å². The van der Waals surface area contributed by atoms with Gasteiger partial charge >= 0.3 is 5.97 Å². The second-order valence-electron chi connectivity index (χ2n) is 7.07. The summed E-state index contributed by atoms with van der Waals surface area (Å²) in [5, 5.41) is 8.81. The van der Waals surface area contributed by atoms with Gasteiger partial charge in [-0.05, 0) is 54.7 Å². The van der Waals surface area contributed by atoms with E-state index in [0.29, 0.717) is 18.5 Å². The number of carbonyl (C=O) groups excluding carboxylic acids is 2. The van der Waals surface area contributed by atoms with Gasteiger partial charge in [0.15, 0.2) is 6.61 Å². The second kappa shape index (κ2) is 9.74. The SMILES string of the molecule is COc1ccc(CN(C(=O)COC(=O)CCc2ccc(C#N)cc2)C2CC2)cc1. The molecule has 1 aliphatic carbocycles. The van der Waals surface area contributed by atoms with Crippen molar-refractivity contribution in [2.75, 3.05) is 13.7 Å². The van der Waals surface area contributed by atoms with E-state index < -0.39 is 5.97 Å². The van der Waals surface area contributed by atoms with Gasteiger partial charge in [-0.25, -0.2) is 0 Å². The number of methoxy groups -OCH3 is 1. The zero-order valence-corrected chi connectivity index (χ0v) is 16.5. The molecule has 6 heteroatoms. The number of aryl methyl sites for hydroxylation is 1. The first-order valence-corrected chi connectivity index (χ1v) is 9.66. The molecular formula is C23H24N2O4. The predicted octanol–water partition coefficient (Wildman–Crippen LogP) is 3.23. The Kier molecular flexibility index (Phi) is 6.85. The summed E-state index contributed by atoms with van der Waals surface area (Å²) < 4.78 is 10.4. The molecule has 0 atom stereocenters. The first-order chi connectivity index (χ1) is 14.1. The zero-order valence-electron chi connectivity index (χ0n) is 16.5. The molecule has 150 valence electrons. The molecule has 0 aromatic heterocycles. The molecule has 29 heavy (non-hydrogen) atoms. The van der Waals surface area contributed by atoms with Crippen LogP contribution in [0.3, 0.4) is 0 Å². The molecule has 2 aromatic carbocycles. The minimum Gasteiger partial charge on any atom is -0.497 e. The summed E-state index contributed by atoms with van der Waals surface area (Å²) in [6.45, 7) is 0.259. The first kappa shape index (κ1) is 20.4. The van der Waals surface area contributed by atoms with Crippen molar-refractivity contribution in [3.8, 4) is 11.8 Å². The smallest absolute Gasteiger partial charge is 0.306 e. The highest BCUT2D eigenvalue weighted by atomic mass is 16.5. The third kappa shape index (κ3) is 6.08.